The van der Waals surface area contributed by atoms with Gasteiger partial charge in [0, 0.05) is 19.1 Å². The highest BCUT2D eigenvalue weighted by Gasteiger charge is 2.25. The standard InChI is InChI=1S/C18H21N7O3/c1-11(23-18(27)13-3-2-8-28-13)17(26)24-12-4-6-25(7-5-12)16-14-15(20-9-19-14)21-10-22-16/h2-3,8-12H,4-7H2,1H3,(H,23,27)(H,24,26)(H,19,20,21,22). The summed E-state index contributed by atoms with van der Waals surface area (Å²) in [5.41, 5.74) is 1.46. The molecule has 0 radical (unpaired) electrons. The Kier molecular flexibility index (Phi) is 4.92. The van der Waals surface area contributed by atoms with Crippen LogP contribution in [0.15, 0.2) is 35.5 Å². The van der Waals surface area contributed by atoms with Crippen LogP contribution in [0.2, 0.25) is 0 Å². The zero-order valence-corrected chi connectivity index (χ0v) is 15.4. The first kappa shape index (κ1) is 18.0. The van der Waals surface area contributed by atoms with Gasteiger partial charge in [-0.05, 0) is 31.9 Å². The topological polar surface area (TPSA) is 129 Å². The second-order valence-corrected chi connectivity index (χ2v) is 6.74. The van der Waals surface area contributed by atoms with Crippen LogP contribution < -0.4 is 15.5 Å². The van der Waals surface area contributed by atoms with Crippen molar-refractivity contribution >= 4 is 28.8 Å². The smallest absolute Gasteiger partial charge is 0.287 e. The first-order valence-corrected chi connectivity index (χ1v) is 9.15. The molecule has 10 heteroatoms. The van der Waals surface area contributed by atoms with E-state index in [1.807, 2.05) is 0 Å². The minimum Gasteiger partial charge on any atom is -0.459 e. The molecule has 1 unspecified atom stereocenters. The van der Waals surface area contributed by atoms with Crippen LogP contribution in [0.1, 0.15) is 30.3 Å². The molecule has 1 saturated heterocycles. The van der Waals surface area contributed by atoms with Gasteiger partial charge in [0.1, 0.15) is 17.9 Å². The molecule has 3 N–H and O–H groups in total. The normalized spacial score (nSPS) is 16.1. The summed E-state index contributed by atoms with van der Waals surface area (Å²) in [7, 11) is 0. The van der Waals surface area contributed by atoms with Gasteiger partial charge in [-0.15, -0.1) is 0 Å². The summed E-state index contributed by atoms with van der Waals surface area (Å²) in [5, 5.41) is 5.65. The van der Waals surface area contributed by atoms with Crippen LogP contribution in [-0.2, 0) is 4.79 Å². The number of carbonyl (C=O) groups excluding carboxylic acids is 2. The van der Waals surface area contributed by atoms with Crippen LogP contribution in [0.4, 0.5) is 5.82 Å². The second kappa shape index (κ2) is 7.67. The Balaban J connectivity index is 1.30. The van der Waals surface area contributed by atoms with Gasteiger partial charge in [0.15, 0.2) is 17.2 Å². The van der Waals surface area contributed by atoms with Crippen LogP contribution in [0.3, 0.4) is 0 Å². The van der Waals surface area contributed by atoms with Gasteiger partial charge >= 0.3 is 0 Å². The number of nitrogens with zero attached hydrogens (tertiary/aromatic N) is 4. The fraction of sp³-hybridized carbons (Fsp3) is 0.389. The minimum atomic E-state index is -0.651. The van der Waals surface area contributed by atoms with Gasteiger partial charge in [-0.2, -0.15) is 0 Å². The molecule has 3 aromatic rings. The van der Waals surface area contributed by atoms with E-state index in [1.165, 1.54) is 12.6 Å². The number of nitrogens with one attached hydrogen (secondary N) is 3. The fourth-order valence-corrected chi connectivity index (χ4v) is 3.29. The second-order valence-electron chi connectivity index (χ2n) is 6.74. The number of carbonyl (C=O) groups is 2. The molecule has 28 heavy (non-hydrogen) atoms. The van der Waals surface area contributed by atoms with Gasteiger partial charge in [-0.25, -0.2) is 15.0 Å². The van der Waals surface area contributed by atoms with Crippen molar-refractivity contribution in [3.05, 3.63) is 36.8 Å². The van der Waals surface area contributed by atoms with Gasteiger partial charge in [0.25, 0.3) is 5.91 Å². The summed E-state index contributed by atoms with van der Waals surface area (Å²) in [4.78, 5) is 42.3. The fourth-order valence-electron chi connectivity index (χ4n) is 3.29. The van der Waals surface area contributed by atoms with Crippen molar-refractivity contribution < 1.29 is 14.0 Å². The molecular weight excluding hydrogens is 362 g/mol. The predicted molar refractivity (Wildman–Crippen MR) is 101 cm³/mol. The molecule has 1 atom stereocenters. The van der Waals surface area contributed by atoms with Gasteiger partial charge < -0.3 is 24.9 Å². The SMILES string of the molecule is CC(NC(=O)c1ccco1)C(=O)NC1CCN(c2ncnc3nc[nH]c23)CC1. The molecule has 1 aliphatic rings. The zero-order valence-electron chi connectivity index (χ0n) is 15.4. The van der Waals surface area contributed by atoms with Crippen LogP contribution in [-0.4, -0.2) is 56.9 Å². The van der Waals surface area contributed by atoms with Crippen molar-refractivity contribution in [1.82, 2.24) is 30.6 Å². The monoisotopic (exact) mass is 383 g/mol. The highest BCUT2D eigenvalue weighted by Crippen LogP contribution is 2.23. The number of amides is 2. The number of hydrogen-bond donors (Lipinski definition) is 3. The number of hydrogen-bond acceptors (Lipinski definition) is 7. The Hall–Kier alpha value is -3.43. The summed E-state index contributed by atoms with van der Waals surface area (Å²) in [6, 6.07) is 2.58. The highest BCUT2D eigenvalue weighted by atomic mass is 16.3. The number of H-pyrrole nitrogens is 1. The lowest BCUT2D eigenvalue weighted by Crippen LogP contribution is -2.51. The molecule has 1 aliphatic heterocycles. The average Bonchev–Trinajstić information content (AvgIpc) is 3.40. The van der Waals surface area contributed by atoms with Crippen molar-refractivity contribution in [3.63, 3.8) is 0 Å². The van der Waals surface area contributed by atoms with E-state index in [4.69, 9.17) is 4.42 Å². The molecule has 146 valence electrons. The Bertz CT molecular complexity index is 961. The number of imidazole rings is 1. The van der Waals surface area contributed by atoms with E-state index in [9.17, 15) is 9.59 Å². The Morgan fingerprint density at radius 1 is 1.29 bits per heavy atom. The van der Waals surface area contributed by atoms with E-state index in [2.05, 4.69) is 35.5 Å². The van der Waals surface area contributed by atoms with Crippen molar-refractivity contribution in [1.29, 1.82) is 0 Å². The van der Waals surface area contributed by atoms with Crippen LogP contribution in [0, 0.1) is 0 Å². The molecule has 0 bridgehead atoms. The largest absolute Gasteiger partial charge is 0.459 e. The molecule has 4 rings (SSSR count). The molecule has 0 aliphatic carbocycles. The maximum absolute atomic E-state index is 12.4. The molecule has 2 amide bonds. The van der Waals surface area contributed by atoms with Gasteiger partial charge in [-0.3, -0.25) is 9.59 Å². The molecule has 0 spiro atoms. The lowest BCUT2D eigenvalue weighted by Gasteiger charge is -2.33. The van der Waals surface area contributed by atoms with Crippen molar-refractivity contribution in [2.24, 2.45) is 0 Å². The summed E-state index contributed by atoms with van der Waals surface area (Å²) >= 11 is 0. The molecule has 0 aromatic carbocycles. The third-order valence-corrected chi connectivity index (χ3v) is 4.83. The molecule has 4 heterocycles. The zero-order chi connectivity index (χ0) is 19.5. The maximum Gasteiger partial charge on any atom is 0.287 e. The van der Waals surface area contributed by atoms with Gasteiger partial charge in [-0.1, -0.05) is 0 Å². The molecular formula is C18H21N7O3. The number of fused-ring (bicyclic) bond motifs is 1. The van der Waals surface area contributed by atoms with Crippen LogP contribution in [0.25, 0.3) is 11.2 Å². The number of piperidine rings is 1. The van der Waals surface area contributed by atoms with E-state index >= 15 is 0 Å². The summed E-state index contributed by atoms with van der Waals surface area (Å²) in [6.07, 6.45) is 6.10. The van der Waals surface area contributed by atoms with E-state index < -0.39 is 11.9 Å². The lowest BCUT2D eigenvalue weighted by atomic mass is 10.0. The number of aromatic amines is 1. The first-order chi connectivity index (χ1) is 13.6. The predicted octanol–water partition coefficient (Wildman–Crippen LogP) is 0.849. The highest BCUT2D eigenvalue weighted by molar-refractivity contribution is 5.95. The molecule has 10 nitrogen and oxygen atoms in total. The quantitative estimate of drug-likeness (QED) is 0.595. The number of rotatable bonds is 5. The Morgan fingerprint density at radius 3 is 2.86 bits per heavy atom. The summed E-state index contributed by atoms with van der Waals surface area (Å²) < 4.78 is 5.04. The lowest BCUT2D eigenvalue weighted by molar-refractivity contribution is -0.123. The van der Waals surface area contributed by atoms with Crippen LogP contribution >= 0.6 is 0 Å². The van der Waals surface area contributed by atoms with E-state index in [-0.39, 0.29) is 17.7 Å². The molecule has 3 aromatic heterocycles. The molecule has 1 fully saturated rings. The summed E-state index contributed by atoms with van der Waals surface area (Å²) in [5.74, 6) is 0.389. The van der Waals surface area contributed by atoms with E-state index in [1.54, 1.807) is 25.4 Å². The Labute approximate surface area is 160 Å². The Morgan fingerprint density at radius 2 is 2.11 bits per heavy atom. The van der Waals surface area contributed by atoms with Gasteiger partial charge in [0.05, 0.1) is 12.6 Å². The number of furan rings is 1. The summed E-state index contributed by atoms with van der Waals surface area (Å²) in [6.45, 7) is 3.16. The van der Waals surface area contributed by atoms with Gasteiger partial charge in [0.2, 0.25) is 5.91 Å². The van der Waals surface area contributed by atoms with Crippen molar-refractivity contribution in [2.45, 2.75) is 31.8 Å². The average molecular weight is 383 g/mol. The van der Waals surface area contributed by atoms with E-state index in [0.717, 1.165) is 37.3 Å². The third kappa shape index (κ3) is 3.66. The van der Waals surface area contributed by atoms with E-state index in [0.29, 0.717) is 5.65 Å². The van der Waals surface area contributed by atoms with Crippen LogP contribution in [0.5, 0.6) is 0 Å². The number of anilines is 1. The third-order valence-electron chi connectivity index (χ3n) is 4.83. The minimum absolute atomic E-state index is 0.0470. The number of aromatic nitrogens is 4. The van der Waals surface area contributed by atoms with Crippen molar-refractivity contribution in [3.8, 4) is 0 Å². The van der Waals surface area contributed by atoms with Crippen molar-refractivity contribution in [2.75, 3.05) is 18.0 Å². The first-order valence-electron chi connectivity index (χ1n) is 9.15. The maximum atomic E-state index is 12.4. The molecule has 0 saturated carbocycles.